The van der Waals surface area contributed by atoms with Gasteiger partial charge in [-0.05, 0) is 43.9 Å². The van der Waals surface area contributed by atoms with Crippen LogP contribution in [0.3, 0.4) is 0 Å². The number of halogens is 2. The molecule has 136 valence electrons. The predicted octanol–water partition coefficient (Wildman–Crippen LogP) is 4.97. The molecule has 2 heterocycles. The Hall–Kier alpha value is -2.14. The number of rotatable bonds is 6. The highest BCUT2D eigenvalue weighted by Crippen LogP contribution is 2.33. The highest BCUT2D eigenvalue weighted by atomic mass is 35.5. The van der Waals surface area contributed by atoms with Gasteiger partial charge in [-0.3, -0.25) is 4.40 Å². The second kappa shape index (κ2) is 6.88. The van der Waals surface area contributed by atoms with Crippen molar-refractivity contribution in [1.82, 2.24) is 14.6 Å². The molecule has 26 heavy (non-hydrogen) atoms. The Kier molecular flexibility index (Phi) is 4.57. The maximum absolute atomic E-state index is 14.1. The highest BCUT2D eigenvalue weighted by molar-refractivity contribution is 6.31. The average Bonchev–Trinajstić information content (AvgIpc) is 3.33. The summed E-state index contributed by atoms with van der Waals surface area (Å²) in [5, 5.41) is 9.09. The Morgan fingerprint density at radius 1 is 1.31 bits per heavy atom. The molecule has 1 aromatic carbocycles. The molecule has 3 aromatic rings. The number of aromatic nitrogens is 3. The first kappa shape index (κ1) is 17.3. The van der Waals surface area contributed by atoms with Crippen LogP contribution in [0.5, 0.6) is 5.75 Å². The summed E-state index contributed by atoms with van der Waals surface area (Å²) in [5.41, 5.74) is 2.24. The van der Waals surface area contributed by atoms with E-state index in [0.29, 0.717) is 17.2 Å². The molecule has 4 nitrogen and oxygen atoms in total. The van der Waals surface area contributed by atoms with Gasteiger partial charge in [0.15, 0.2) is 5.65 Å². The van der Waals surface area contributed by atoms with Crippen LogP contribution >= 0.6 is 11.6 Å². The van der Waals surface area contributed by atoms with Gasteiger partial charge in [0.05, 0.1) is 6.61 Å². The zero-order valence-electron chi connectivity index (χ0n) is 14.9. The Morgan fingerprint density at radius 2 is 2.12 bits per heavy atom. The summed E-state index contributed by atoms with van der Waals surface area (Å²) in [6, 6.07) is 6.66. The number of hydrogen-bond donors (Lipinski definition) is 0. The van der Waals surface area contributed by atoms with E-state index in [9.17, 15) is 4.39 Å². The van der Waals surface area contributed by atoms with E-state index < -0.39 is 0 Å². The van der Waals surface area contributed by atoms with Crippen LogP contribution in [0.4, 0.5) is 4.39 Å². The zero-order valence-corrected chi connectivity index (χ0v) is 15.6. The van der Waals surface area contributed by atoms with E-state index in [2.05, 4.69) is 10.2 Å². The molecule has 0 N–H and O–H groups in total. The molecule has 0 amide bonds. The van der Waals surface area contributed by atoms with Crippen LogP contribution in [0.25, 0.3) is 5.65 Å². The summed E-state index contributed by atoms with van der Waals surface area (Å²) >= 11 is 6.15. The molecular formula is C20H21ClFN3O. The molecule has 1 aliphatic carbocycles. The Labute approximate surface area is 157 Å². The van der Waals surface area contributed by atoms with Gasteiger partial charge >= 0.3 is 0 Å². The fourth-order valence-electron chi connectivity index (χ4n) is 3.27. The summed E-state index contributed by atoms with van der Waals surface area (Å²) < 4.78 is 22.1. The molecule has 0 bridgehead atoms. The lowest BCUT2D eigenvalue weighted by Crippen LogP contribution is -2.10. The quantitative estimate of drug-likeness (QED) is 0.612. The van der Waals surface area contributed by atoms with Gasteiger partial charge < -0.3 is 4.74 Å². The number of hydrogen-bond acceptors (Lipinski definition) is 3. The smallest absolute Gasteiger partial charge is 0.167 e. The predicted molar refractivity (Wildman–Crippen MR) is 99.5 cm³/mol. The summed E-state index contributed by atoms with van der Waals surface area (Å²) in [7, 11) is 0. The minimum Gasteiger partial charge on any atom is -0.492 e. The van der Waals surface area contributed by atoms with E-state index in [0.717, 1.165) is 35.1 Å². The van der Waals surface area contributed by atoms with Crippen molar-refractivity contribution in [1.29, 1.82) is 0 Å². The van der Waals surface area contributed by atoms with Crippen molar-refractivity contribution in [3.05, 3.63) is 58.3 Å². The highest BCUT2D eigenvalue weighted by Gasteiger charge is 2.24. The largest absolute Gasteiger partial charge is 0.492 e. The molecule has 1 atom stereocenters. The second-order valence-electron chi connectivity index (χ2n) is 7.11. The van der Waals surface area contributed by atoms with Crippen molar-refractivity contribution in [3.8, 4) is 5.75 Å². The van der Waals surface area contributed by atoms with Crippen molar-refractivity contribution in [2.24, 2.45) is 5.92 Å². The maximum Gasteiger partial charge on any atom is 0.167 e. The summed E-state index contributed by atoms with van der Waals surface area (Å²) in [5.74, 6) is 2.03. The number of fused-ring (bicyclic) bond motifs is 1. The second-order valence-corrected chi connectivity index (χ2v) is 7.52. The van der Waals surface area contributed by atoms with Crippen LogP contribution in [0, 0.1) is 18.7 Å². The van der Waals surface area contributed by atoms with E-state index in [1.54, 1.807) is 12.1 Å². The molecule has 0 saturated heterocycles. The molecule has 1 fully saturated rings. The minimum absolute atomic E-state index is 0.164. The number of ether oxygens (including phenoxy) is 1. The number of benzene rings is 1. The Balaban J connectivity index is 1.53. The van der Waals surface area contributed by atoms with Crippen LogP contribution in [-0.2, 0) is 6.42 Å². The standard InChI is InChI=1S/C20H21ClFN3O/c1-12(19-15(21)4-3-5-16(19)22)11-26-17-8-9-25-18(10-14-6-7-14)23-24-20(25)13(17)2/h3-5,8-9,12,14H,6-7,10-11H2,1-2H3. The molecule has 1 unspecified atom stereocenters. The lowest BCUT2D eigenvalue weighted by Gasteiger charge is -2.17. The number of aryl methyl sites for hydroxylation is 1. The molecule has 6 heteroatoms. The van der Waals surface area contributed by atoms with Gasteiger partial charge in [-0.15, -0.1) is 10.2 Å². The van der Waals surface area contributed by atoms with Crippen molar-refractivity contribution >= 4 is 17.2 Å². The lowest BCUT2D eigenvalue weighted by atomic mass is 10.0. The van der Waals surface area contributed by atoms with Crippen molar-refractivity contribution in [2.45, 2.75) is 39.0 Å². The molecule has 1 saturated carbocycles. The van der Waals surface area contributed by atoms with E-state index in [1.165, 1.54) is 18.9 Å². The Morgan fingerprint density at radius 3 is 2.85 bits per heavy atom. The molecule has 0 spiro atoms. The molecular weight excluding hydrogens is 353 g/mol. The van der Waals surface area contributed by atoms with E-state index in [-0.39, 0.29) is 11.7 Å². The average molecular weight is 374 g/mol. The van der Waals surface area contributed by atoms with Gasteiger partial charge in [-0.2, -0.15) is 0 Å². The topological polar surface area (TPSA) is 39.4 Å². The van der Waals surface area contributed by atoms with Crippen molar-refractivity contribution < 1.29 is 9.13 Å². The molecule has 0 radical (unpaired) electrons. The minimum atomic E-state index is -0.303. The van der Waals surface area contributed by atoms with Crippen molar-refractivity contribution in [3.63, 3.8) is 0 Å². The summed E-state index contributed by atoms with van der Waals surface area (Å²) in [6.07, 6.45) is 5.50. The third-order valence-electron chi connectivity index (χ3n) is 5.00. The third kappa shape index (κ3) is 3.28. The van der Waals surface area contributed by atoms with Gasteiger partial charge in [-0.1, -0.05) is 24.6 Å². The maximum atomic E-state index is 14.1. The van der Waals surface area contributed by atoms with Gasteiger partial charge in [0.1, 0.15) is 17.4 Å². The lowest BCUT2D eigenvalue weighted by molar-refractivity contribution is 0.291. The zero-order chi connectivity index (χ0) is 18.3. The summed E-state index contributed by atoms with van der Waals surface area (Å²) in [4.78, 5) is 0. The SMILES string of the molecule is Cc1c(OCC(C)c2c(F)cccc2Cl)ccn2c(CC3CC3)nnc12. The van der Waals surface area contributed by atoms with Crippen LogP contribution in [0.1, 0.15) is 42.6 Å². The van der Waals surface area contributed by atoms with Gasteiger partial charge in [0.2, 0.25) is 0 Å². The molecule has 2 aromatic heterocycles. The molecule has 4 rings (SSSR count). The first-order chi connectivity index (χ1) is 12.5. The van der Waals surface area contributed by atoms with Crippen LogP contribution in [0.2, 0.25) is 5.02 Å². The van der Waals surface area contributed by atoms with Crippen LogP contribution in [0.15, 0.2) is 30.5 Å². The normalized spacial score (nSPS) is 15.4. The van der Waals surface area contributed by atoms with Crippen LogP contribution < -0.4 is 4.74 Å². The van der Waals surface area contributed by atoms with E-state index in [4.69, 9.17) is 16.3 Å². The van der Waals surface area contributed by atoms with E-state index >= 15 is 0 Å². The summed E-state index contributed by atoms with van der Waals surface area (Å²) in [6.45, 7) is 4.21. The Bertz CT molecular complexity index is 931. The first-order valence-corrected chi connectivity index (χ1v) is 9.32. The van der Waals surface area contributed by atoms with Crippen molar-refractivity contribution in [2.75, 3.05) is 6.61 Å². The molecule has 1 aliphatic rings. The monoisotopic (exact) mass is 373 g/mol. The fraction of sp³-hybridized carbons (Fsp3) is 0.400. The van der Waals surface area contributed by atoms with Gasteiger partial charge in [-0.25, -0.2) is 4.39 Å². The van der Waals surface area contributed by atoms with Crippen LogP contribution in [-0.4, -0.2) is 21.2 Å². The fourth-order valence-corrected chi connectivity index (χ4v) is 3.62. The molecule has 0 aliphatic heterocycles. The van der Waals surface area contributed by atoms with E-state index in [1.807, 2.05) is 30.5 Å². The third-order valence-corrected chi connectivity index (χ3v) is 5.33. The number of nitrogens with zero attached hydrogens (tertiary/aromatic N) is 3. The number of pyridine rings is 1. The van der Waals surface area contributed by atoms with Gasteiger partial charge in [0.25, 0.3) is 0 Å². The van der Waals surface area contributed by atoms with Gasteiger partial charge in [0, 0.05) is 34.7 Å². The first-order valence-electron chi connectivity index (χ1n) is 8.94.